The van der Waals surface area contributed by atoms with E-state index in [0.29, 0.717) is 0 Å². The van der Waals surface area contributed by atoms with Gasteiger partial charge in [0.15, 0.2) is 0 Å². The number of hydrogen-bond acceptors (Lipinski definition) is 2. The van der Waals surface area contributed by atoms with Gasteiger partial charge in [0.25, 0.3) is 0 Å². The van der Waals surface area contributed by atoms with E-state index in [1.54, 1.807) is 6.08 Å². The summed E-state index contributed by atoms with van der Waals surface area (Å²) in [6.07, 6.45) is 9.70. The molecule has 0 radical (unpaired) electrons. The summed E-state index contributed by atoms with van der Waals surface area (Å²) in [4.78, 5) is 0. The summed E-state index contributed by atoms with van der Waals surface area (Å²) >= 11 is 0. The second-order valence-corrected chi connectivity index (χ2v) is 4.11. The van der Waals surface area contributed by atoms with Crippen LogP contribution in [-0.4, -0.2) is 13.2 Å². The first-order valence-electron chi connectivity index (χ1n) is 6.38. The second kappa shape index (κ2) is 8.25. The van der Waals surface area contributed by atoms with Crippen LogP contribution in [0.3, 0.4) is 0 Å². The van der Waals surface area contributed by atoms with Gasteiger partial charge in [-0.25, -0.2) is 0 Å². The molecule has 0 saturated carbocycles. The Bertz CT molecular complexity index is 481. The average molecular weight is 254 g/mol. The zero-order valence-corrected chi connectivity index (χ0v) is 11.6. The summed E-state index contributed by atoms with van der Waals surface area (Å²) in [5.41, 5.74) is 9.31. The maximum Gasteiger partial charge on any atom is 0.0810 e. The van der Waals surface area contributed by atoms with Crippen LogP contribution in [0.15, 0.2) is 72.4 Å². The molecule has 2 nitrogen and oxygen atoms in total. The summed E-state index contributed by atoms with van der Waals surface area (Å²) in [6, 6.07) is 10.2. The van der Waals surface area contributed by atoms with Crippen LogP contribution >= 0.6 is 0 Å². The summed E-state index contributed by atoms with van der Waals surface area (Å²) in [5, 5.41) is 3.05. The van der Waals surface area contributed by atoms with E-state index < -0.39 is 0 Å². The van der Waals surface area contributed by atoms with Crippen LogP contribution in [0, 0.1) is 0 Å². The highest BCUT2D eigenvalue weighted by Crippen LogP contribution is 2.16. The molecule has 0 spiro atoms. The fraction of sp³-hybridized carbons (Fsp3) is 0.176. The van der Waals surface area contributed by atoms with Crippen molar-refractivity contribution in [2.45, 2.75) is 13.1 Å². The largest absolute Gasteiger partial charge is 0.312 e. The first-order chi connectivity index (χ1) is 9.22. The molecule has 1 unspecified atom stereocenters. The van der Waals surface area contributed by atoms with Crippen molar-refractivity contribution >= 4 is 6.08 Å². The SMILES string of the molecule is C=C/C=C(/C=C/c1ccccc1)C(=C/C)\C(N)NC. The highest BCUT2D eigenvalue weighted by atomic mass is 15.0. The monoisotopic (exact) mass is 254 g/mol. The van der Waals surface area contributed by atoms with Gasteiger partial charge >= 0.3 is 0 Å². The molecule has 0 saturated heterocycles. The van der Waals surface area contributed by atoms with E-state index in [9.17, 15) is 0 Å². The second-order valence-electron chi connectivity index (χ2n) is 4.11. The van der Waals surface area contributed by atoms with Crippen LogP contribution < -0.4 is 11.1 Å². The molecule has 1 atom stereocenters. The van der Waals surface area contributed by atoms with Crippen LogP contribution in [-0.2, 0) is 0 Å². The van der Waals surface area contributed by atoms with Gasteiger partial charge in [0.1, 0.15) is 0 Å². The first kappa shape index (κ1) is 15.2. The van der Waals surface area contributed by atoms with Crippen molar-refractivity contribution in [3.05, 3.63) is 77.9 Å². The summed E-state index contributed by atoms with van der Waals surface area (Å²) < 4.78 is 0. The van der Waals surface area contributed by atoms with E-state index in [1.165, 1.54) is 0 Å². The van der Waals surface area contributed by atoms with Gasteiger partial charge in [0.2, 0.25) is 0 Å². The molecule has 1 aromatic rings. The molecule has 0 aliphatic carbocycles. The Kier molecular flexibility index (Phi) is 6.58. The number of nitrogens with two attached hydrogens (primary N) is 1. The standard InChI is InChI=1S/C17H22N2/c1-4-9-15(16(5-2)17(18)19-3)13-12-14-10-7-6-8-11-14/h4-13,17,19H,1,18H2,2-3H3/b13-12+,15-9-,16-5+. The average Bonchev–Trinajstić information content (AvgIpc) is 2.46. The van der Waals surface area contributed by atoms with Gasteiger partial charge < -0.3 is 11.1 Å². The minimum Gasteiger partial charge on any atom is -0.312 e. The Morgan fingerprint density at radius 2 is 2.00 bits per heavy atom. The molecule has 1 rings (SSSR count). The smallest absolute Gasteiger partial charge is 0.0810 e. The van der Waals surface area contributed by atoms with Gasteiger partial charge in [-0.15, -0.1) is 0 Å². The van der Waals surface area contributed by atoms with Gasteiger partial charge in [-0.05, 0) is 30.7 Å². The molecule has 2 heteroatoms. The van der Waals surface area contributed by atoms with Crippen LogP contribution in [0.25, 0.3) is 6.08 Å². The molecule has 3 N–H and O–H groups in total. The van der Waals surface area contributed by atoms with Crippen LogP contribution in [0.4, 0.5) is 0 Å². The third-order valence-corrected chi connectivity index (χ3v) is 2.84. The van der Waals surface area contributed by atoms with Gasteiger partial charge in [-0.1, -0.05) is 67.3 Å². The Hall–Kier alpha value is -1.90. The zero-order chi connectivity index (χ0) is 14.1. The summed E-state index contributed by atoms with van der Waals surface area (Å²) in [5.74, 6) is 0. The van der Waals surface area contributed by atoms with Crippen LogP contribution in [0.5, 0.6) is 0 Å². The maximum absolute atomic E-state index is 6.04. The van der Waals surface area contributed by atoms with Crippen molar-refractivity contribution in [1.82, 2.24) is 5.32 Å². The fourth-order valence-electron chi connectivity index (χ4n) is 1.81. The van der Waals surface area contributed by atoms with E-state index in [2.05, 4.69) is 36.2 Å². The van der Waals surface area contributed by atoms with Gasteiger partial charge in [0.05, 0.1) is 6.17 Å². The molecule has 0 bridgehead atoms. The molecule has 0 heterocycles. The number of allylic oxidation sites excluding steroid dienone is 4. The molecule has 19 heavy (non-hydrogen) atoms. The Morgan fingerprint density at radius 3 is 2.53 bits per heavy atom. The molecule has 0 aromatic heterocycles. The van der Waals surface area contributed by atoms with Crippen LogP contribution in [0.1, 0.15) is 12.5 Å². The van der Waals surface area contributed by atoms with Gasteiger partial charge in [-0.2, -0.15) is 0 Å². The fourth-order valence-corrected chi connectivity index (χ4v) is 1.81. The van der Waals surface area contributed by atoms with Crippen molar-refractivity contribution in [2.24, 2.45) is 5.73 Å². The Morgan fingerprint density at radius 1 is 1.32 bits per heavy atom. The lowest BCUT2D eigenvalue weighted by atomic mass is 10.0. The van der Waals surface area contributed by atoms with E-state index in [-0.39, 0.29) is 6.17 Å². The molecule has 0 amide bonds. The maximum atomic E-state index is 6.04. The van der Waals surface area contributed by atoms with E-state index >= 15 is 0 Å². The normalized spacial score (nSPS) is 14.7. The third kappa shape index (κ3) is 4.70. The number of rotatable bonds is 6. The van der Waals surface area contributed by atoms with Gasteiger partial charge in [-0.3, -0.25) is 0 Å². The first-order valence-corrected chi connectivity index (χ1v) is 6.38. The molecular weight excluding hydrogens is 232 g/mol. The van der Waals surface area contributed by atoms with Gasteiger partial charge in [0, 0.05) is 0 Å². The number of likely N-dealkylation sites (N-methyl/N-ethyl adjacent to an activating group) is 1. The molecule has 100 valence electrons. The number of hydrogen-bond donors (Lipinski definition) is 2. The van der Waals surface area contributed by atoms with Crippen molar-refractivity contribution in [3.8, 4) is 0 Å². The minimum absolute atomic E-state index is 0.184. The lowest BCUT2D eigenvalue weighted by Crippen LogP contribution is -2.36. The predicted octanol–water partition coefficient (Wildman–Crippen LogP) is 3.26. The molecule has 0 fully saturated rings. The van der Waals surface area contributed by atoms with E-state index in [0.717, 1.165) is 16.7 Å². The summed E-state index contributed by atoms with van der Waals surface area (Å²) in [6.45, 7) is 5.74. The summed E-state index contributed by atoms with van der Waals surface area (Å²) in [7, 11) is 1.85. The van der Waals surface area contributed by atoms with Crippen molar-refractivity contribution in [2.75, 3.05) is 7.05 Å². The molecule has 0 aliphatic rings. The predicted molar refractivity (Wildman–Crippen MR) is 84.5 cm³/mol. The lowest BCUT2D eigenvalue weighted by Gasteiger charge is -2.16. The molecule has 0 aliphatic heterocycles. The highest BCUT2D eigenvalue weighted by molar-refractivity contribution is 5.57. The van der Waals surface area contributed by atoms with Crippen molar-refractivity contribution < 1.29 is 0 Å². The van der Waals surface area contributed by atoms with Crippen LogP contribution in [0.2, 0.25) is 0 Å². The third-order valence-electron chi connectivity index (χ3n) is 2.84. The molecular formula is C17H22N2. The van der Waals surface area contributed by atoms with E-state index in [1.807, 2.05) is 44.3 Å². The topological polar surface area (TPSA) is 38.0 Å². The van der Waals surface area contributed by atoms with Crippen molar-refractivity contribution in [1.29, 1.82) is 0 Å². The number of nitrogens with one attached hydrogen (secondary N) is 1. The van der Waals surface area contributed by atoms with E-state index in [4.69, 9.17) is 5.73 Å². The highest BCUT2D eigenvalue weighted by Gasteiger charge is 2.08. The quantitative estimate of drug-likeness (QED) is 0.604. The molecule has 1 aromatic carbocycles. The minimum atomic E-state index is -0.184. The Labute approximate surface area is 116 Å². The lowest BCUT2D eigenvalue weighted by molar-refractivity contribution is 0.670. The number of benzene rings is 1. The van der Waals surface area contributed by atoms with Crippen molar-refractivity contribution in [3.63, 3.8) is 0 Å². The zero-order valence-electron chi connectivity index (χ0n) is 11.6. The Balaban J connectivity index is 3.00.